The molecule has 2 rings (SSSR count). The first-order chi connectivity index (χ1) is 8.60. The molecule has 2 aromatic heterocycles. The van der Waals surface area contributed by atoms with E-state index in [0.717, 1.165) is 5.56 Å². The van der Waals surface area contributed by atoms with E-state index in [2.05, 4.69) is 9.97 Å². The van der Waals surface area contributed by atoms with Gasteiger partial charge in [0, 0.05) is 12.3 Å². The van der Waals surface area contributed by atoms with E-state index in [1.54, 1.807) is 19.1 Å². The summed E-state index contributed by atoms with van der Waals surface area (Å²) in [7, 11) is 0. The van der Waals surface area contributed by atoms with Gasteiger partial charge in [-0.3, -0.25) is 9.36 Å². The van der Waals surface area contributed by atoms with Crippen molar-refractivity contribution in [1.29, 1.82) is 5.26 Å². The van der Waals surface area contributed by atoms with Crippen molar-refractivity contribution < 1.29 is 0 Å². The number of halogens is 1. The van der Waals surface area contributed by atoms with Gasteiger partial charge >= 0.3 is 0 Å². The number of pyridine rings is 1. The summed E-state index contributed by atoms with van der Waals surface area (Å²) < 4.78 is 1.49. The van der Waals surface area contributed by atoms with Gasteiger partial charge in [-0.15, -0.1) is 0 Å². The summed E-state index contributed by atoms with van der Waals surface area (Å²) in [6.45, 7) is 2.05. The van der Waals surface area contributed by atoms with E-state index in [-0.39, 0.29) is 10.7 Å². The minimum Gasteiger partial charge on any atom is -0.292 e. The molecule has 0 spiro atoms. The van der Waals surface area contributed by atoms with Gasteiger partial charge in [0.25, 0.3) is 5.56 Å². The fourth-order valence-electron chi connectivity index (χ4n) is 1.60. The number of aryl methyl sites for hydroxylation is 1. The second kappa shape index (κ2) is 4.98. The van der Waals surface area contributed by atoms with Crippen molar-refractivity contribution in [3.05, 3.63) is 57.0 Å². The predicted octanol–water partition coefficient (Wildman–Crippen LogP) is 1.52. The number of hydrogen-bond acceptors (Lipinski definition) is 4. The monoisotopic (exact) mass is 260 g/mol. The molecule has 0 N–H and O–H groups in total. The number of nitriles is 1. The Morgan fingerprint density at radius 3 is 2.94 bits per heavy atom. The number of nitrogens with zero attached hydrogens (tertiary/aromatic N) is 4. The Kier molecular flexibility index (Phi) is 3.40. The van der Waals surface area contributed by atoms with Crippen LogP contribution >= 0.6 is 11.6 Å². The van der Waals surface area contributed by atoms with Crippen LogP contribution in [-0.4, -0.2) is 14.5 Å². The average Bonchev–Trinajstić information content (AvgIpc) is 2.34. The molecule has 0 radical (unpaired) electrons. The quantitative estimate of drug-likeness (QED) is 0.768. The number of rotatable bonds is 2. The van der Waals surface area contributed by atoms with Gasteiger partial charge in [-0.25, -0.2) is 9.97 Å². The molecule has 0 fully saturated rings. The summed E-state index contributed by atoms with van der Waals surface area (Å²) in [5.74, 6) is 0.530. The molecular formula is C12H9ClN4O. The Morgan fingerprint density at radius 2 is 2.28 bits per heavy atom. The van der Waals surface area contributed by atoms with Crippen LogP contribution < -0.4 is 5.56 Å². The van der Waals surface area contributed by atoms with E-state index in [0.29, 0.717) is 18.1 Å². The van der Waals surface area contributed by atoms with Crippen LogP contribution in [0.25, 0.3) is 0 Å². The maximum Gasteiger partial charge on any atom is 0.255 e. The normalized spacial score (nSPS) is 10.1. The van der Waals surface area contributed by atoms with E-state index in [1.165, 1.54) is 16.8 Å². The fraction of sp³-hybridized carbons (Fsp3) is 0.167. The van der Waals surface area contributed by atoms with Crippen molar-refractivity contribution in [2.75, 3.05) is 0 Å². The van der Waals surface area contributed by atoms with Crippen molar-refractivity contribution in [3.8, 4) is 6.07 Å². The zero-order valence-electron chi connectivity index (χ0n) is 9.59. The second-order valence-electron chi connectivity index (χ2n) is 3.71. The van der Waals surface area contributed by atoms with Gasteiger partial charge in [0.05, 0.1) is 6.54 Å². The number of aromatic nitrogens is 3. The highest BCUT2D eigenvalue weighted by Crippen LogP contribution is 2.06. The molecule has 90 valence electrons. The highest BCUT2D eigenvalue weighted by Gasteiger charge is 2.05. The molecule has 0 aromatic carbocycles. The summed E-state index contributed by atoms with van der Waals surface area (Å²) in [4.78, 5) is 19.7. The van der Waals surface area contributed by atoms with Gasteiger partial charge in [0.15, 0.2) is 0 Å². The van der Waals surface area contributed by atoms with E-state index < -0.39 is 0 Å². The fourth-order valence-corrected chi connectivity index (χ4v) is 1.81. The van der Waals surface area contributed by atoms with Crippen LogP contribution in [0.5, 0.6) is 0 Å². The number of hydrogen-bond donors (Lipinski definition) is 0. The van der Waals surface area contributed by atoms with Crippen LogP contribution in [-0.2, 0) is 6.54 Å². The SMILES string of the molecule is Cc1nc(Cl)cc(=O)n1Cc1ccnc(C#N)c1. The lowest BCUT2D eigenvalue weighted by Gasteiger charge is -2.09. The van der Waals surface area contributed by atoms with E-state index in [1.807, 2.05) is 6.07 Å². The first-order valence-corrected chi connectivity index (χ1v) is 5.57. The minimum atomic E-state index is -0.220. The zero-order valence-corrected chi connectivity index (χ0v) is 10.3. The Labute approximate surface area is 108 Å². The van der Waals surface area contributed by atoms with Gasteiger partial charge in [-0.05, 0) is 24.6 Å². The van der Waals surface area contributed by atoms with E-state index in [4.69, 9.17) is 16.9 Å². The molecule has 6 heteroatoms. The molecule has 5 nitrogen and oxygen atoms in total. The molecule has 0 aliphatic rings. The molecule has 0 saturated heterocycles. The first kappa shape index (κ1) is 12.3. The molecule has 2 heterocycles. The Morgan fingerprint density at radius 1 is 1.50 bits per heavy atom. The lowest BCUT2D eigenvalue weighted by atomic mass is 10.2. The predicted molar refractivity (Wildman–Crippen MR) is 66.3 cm³/mol. The molecule has 0 unspecified atom stereocenters. The van der Waals surface area contributed by atoms with Gasteiger partial charge < -0.3 is 0 Å². The van der Waals surface area contributed by atoms with Gasteiger partial charge in [-0.1, -0.05) is 11.6 Å². The largest absolute Gasteiger partial charge is 0.292 e. The third-order valence-corrected chi connectivity index (χ3v) is 2.64. The maximum atomic E-state index is 11.8. The first-order valence-electron chi connectivity index (χ1n) is 5.19. The van der Waals surface area contributed by atoms with Crippen LogP contribution in [0, 0.1) is 18.3 Å². The second-order valence-corrected chi connectivity index (χ2v) is 4.10. The molecule has 0 aliphatic heterocycles. The third kappa shape index (κ3) is 2.55. The maximum absolute atomic E-state index is 11.8. The highest BCUT2D eigenvalue weighted by molar-refractivity contribution is 6.29. The minimum absolute atomic E-state index is 0.182. The highest BCUT2D eigenvalue weighted by atomic mass is 35.5. The molecule has 0 aliphatic carbocycles. The topological polar surface area (TPSA) is 71.6 Å². The summed E-state index contributed by atoms with van der Waals surface area (Å²) in [5, 5.41) is 8.94. The van der Waals surface area contributed by atoms with E-state index in [9.17, 15) is 4.79 Å². The molecule has 0 bridgehead atoms. The van der Waals surface area contributed by atoms with Crippen molar-refractivity contribution in [1.82, 2.24) is 14.5 Å². The van der Waals surface area contributed by atoms with Crippen LogP contribution in [0.3, 0.4) is 0 Å². The molecule has 2 aromatic rings. The van der Waals surface area contributed by atoms with Gasteiger partial charge in [0.1, 0.15) is 22.7 Å². The lowest BCUT2D eigenvalue weighted by Crippen LogP contribution is -2.23. The lowest BCUT2D eigenvalue weighted by molar-refractivity contribution is 0.699. The van der Waals surface area contributed by atoms with Crippen LogP contribution in [0.1, 0.15) is 17.1 Å². The van der Waals surface area contributed by atoms with Crippen molar-refractivity contribution in [3.63, 3.8) is 0 Å². The Balaban J connectivity index is 2.41. The van der Waals surface area contributed by atoms with Gasteiger partial charge in [0.2, 0.25) is 0 Å². The van der Waals surface area contributed by atoms with Crippen LogP contribution in [0.15, 0.2) is 29.2 Å². The Hall–Kier alpha value is -2.19. The Bertz CT molecular complexity index is 687. The molecule has 0 amide bonds. The van der Waals surface area contributed by atoms with Gasteiger partial charge in [-0.2, -0.15) is 5.26 Å². The molecule has 0 saturated carbocycles. The van der Waals surface area contributed by atoms with Crippen molar-refractivity contribution in [2.24, 2.45) is 0 Å². The summed E-state index contributed by atoms with van der Waals surface area (Å²) in [5.41, 5.74) is 0.916. The van der Waals surface area contributed by atoms with Crippen LogP contribution in [0.2, 0.25) is 5.15 Å². The van der Waals surface area contributed by atoms with Crippen LogP contribution in [0.4, 0.5) is 0 Å². The standard InChI is InChI=1S/C12H9ClN4O/c1-8-16-11(13)5-12(18)17(8)7-9-2-3-15-10(4-9)6-14/h2-5H,7H2,1H3. The summed E-state index contributed by atoms with van der Waals surface area (Å²) in [6, 6.07) is 6.61. The molecular weight excluding hydrogens is 252 g/mol. The summed E-state index contributed by atoms with van der Waals surface area (Å²) in [6.07, 6.45) is 1.54. The third-order valence-electron chi connectivity index (χ3n) is 2.45. The molecule has 18 heavy (non-hydrogen) atoms. The average molecular weight is 261 g/mol. The zero-order chi connectivity index (χ0) is 13.1. The van der Waals surface area contributed by atoms with Crippen molar-refractivity contribution >= 4 is 11.6 Å². The smallest absolute Gasteiger partial charge is 0.255 e. The summed E-state index contributed by atoms with van der Waals surface area (Å²) >= 11 is 5.70. The molecule has 0 atom stereocenters. The van der Waals surface area contributed by atoms with Crippen molar-refractivity contribution in [2.45, 2.75) is 13.5 Å². The van der Waals surface area contributed by atoms with E-state index >= 15 is 0 Å².